The number of aromatic hydroxyl groups is 1. The van der Waals surface area contributed by atoms with Crippen LogP contribution in [0.1, 0.15) is 5.56 Å². The Labute approximate surface area is 134 Å². The molecule has 122 valence electrons. The van der Waals surface area contributed by atoms with Crippen molar-refractivity contribution in [1.29, 1.82) is 0 Å². The van der Waals surface area contributed by atoms with Gasteiger partial charge in [-0.2, -0.15) is 0 Å². The number of aliphatic hydroxyl groups is 2. The van der Waals surface area contributed by atoms with Gasteiger partial charge in [-0.25, -0.2) is 4.79 Å². The molecule has 0 aliphatic carbocycles. The van der Waals surface area contributed by atoms with E-state index < -0.39 is 28.5 Å². The first-order valence-corrected chi connectivity index (χ1v) is 6.85. The molecule has 7 heteroatoms. The molecule has 0 saturated carbocycles. The van der Waals surface area contributed by atoms with E-state index in [0.29, 0.717) is 5.56 Å². The van der Waals surface area contributed by atoms with E-state index in [2.05, 4.69) is 0 Å². The topological polar surface area (TPSA) is 128 Å². The summed E-state index contributed by atoms with van der Waals surface area (Å²) in [6.45, 7) is 0. The van der Waals surface area contributed by atoms with E-state index >= 15 is 0 Å². The number of hydrogen-bond acceptors (Lipinski definition) is 6. The summed E-state index contributed by atoms with van der Waals surface area (Å²) in [5, 5.41) is 37.9. The van der Waals surface area contributed by atoms with Gasteiger partial charge in [0.2, 0.25) is 5.43 Å². The van der Waals surface area contributed by atoms with Gasteiger partial charge in [0.1, 0.15) is 23.0 Å². The maximum absolute atomic E-state index is 12.6. The van der Waals surface area contributed by atoms with Crippen molar-refractivity contribution in [1.82, 2.24) is 0 Å². The summed E-state index contributed by atoms with van der Waals surface area (Å²) < 4.78 is 5.30. The van der Waals surface area contributed by atoms with Gasteiger partial charge in [-0.05, 0) is 17.7 Å². The van der Waals surface area contributed by atoms with Crippen LogP contribution in [0.4, 0.5) is 0 Å². The van der Waals surface area contributed by atoms with E-state index in [0.717, 1.165) is 12.1 Å². The van der Waals surface area contributed by atoms with E-state index in [9.17, 15) is 24.9 Å². The molecule has 4 N–H and O–H groups in total. The lowest BCUT2D eigenvalue weighted by atomic mass is 10.0. The van der Waals surface area contributed by atoms with Gasteiger partial charge in [-0.3, -0.25) is 4.79 Å². The second kappa shape index (κ2) is 5.48. The van der Waals surface area contributed by atoms with Crippen LogP contribution in [0.3, 0.4) is 0 Å². The summed E-state index contributed by atoms with van der Waals surface area (Å²) in [4.78, 5) is 23.5. The number of carbonyl (C=O) groups is 1. The Morgan fingerprint density at radius 3 is 2.38 bits per heavy atom. The van der Waals surface area contributed by atoms with Crippen LogP contribution in [-0.4, -0.2) is 26.4 Å². The highest BCUT2D eigenvalue weighted by Gasteiger charge is 2.36. The summed E-state index contributed by atoms with van der Waals surface area (Å²) in [5.74, 6) is -5.75. The van der Waals surface area contributed by atoms with Crippen molar-refractivity contribution in [2.45, 2.75) is 5.79 Å². The number of rotatable bonds is 3. The molecule has 3 aromatic rings. The number of hydrogen-bond donors (Lipinski definition) is 4. The molecule has 24 heavy (non-hydrogen) atoms. The van der Waals surface area contributed by atoms with E-state index in [4.69, 9.17) is 9.52 Å². The van der Waals surface area contributed by atoms with Gasteiger partial charge < -0.3 is 24.8 Å². The SMILES string of the molecule is O=C(O)C(O)(O)c1cc(O)c2c(=O)c(-c3ccccc3)coc2c1. The third kappa shape index (κ3) is 2.41. The minimum absolute atomic E-state index is 0.164. The zero-order valence-corrected chi connectivity index (χ0v) is 12.1. The average molecular weight is 328 g/mol. The van der Waals surface area contributed by atoms with Crippen LogP contribution < -0.4 is 5.43 Å². The van der Waals surface area contributed by atoms with Crippen LogP contribution in [0.25, 0.3) is 22.1 Å². The Balaban J connectivity index is 2.27. The number of fused-ring (bicyclic) bond motifs is 1. The van der Waals surface area contributed by atoms with E-state index in [-0.39, 0.29) is 16.5 Å². The molecule has 0 atom stereocenters. The molecule has 0 fully saturated rings. The van der Waals surface area contributed by atoms with Crippen molar-refractivity contribution in [3.8, 4) is 16.9 Å². The van der Waals surface area contributed by atoms with Crippen LogP contribution in [0.5, 0.6) is 5.75 Å². The molecule has 0 spiro atoms. The van der Waals surface area contributed by atoms with Crippen LogP contribution in [-0.2, 0) is 10.6 Å². The fourth-order valence-corrected chi connectivity index (χ4v) is 2.37. The Bertz CT molecular complexity index is 987. The molecular weight excluding hydrogens is 316 g/mol. The molecule has 0 unspecified atom stereocenters. The first kappa shape index (κ1) is 15.7. The molecule has 1 heterocycles. The van der Waals surface area contributed by atoms with Crippen molar-refractivity contribution < 1.29 is 29.6 Å². The lowest BCUT2D eigenvalue weighted by molar-refractivity contribution is -0.208. The predicted octanol–water partition coefficient (Wildman–Crippen LogP) is 1.39. The lowest BCUT2D eigenvalue weighted by Crippen LogP contribution is -2.35. The molecule has 1 aromatic heterocycles. The number of aliphatic carboxylic acids is 1. The van der Waals surface area contributed by atoms with Gasteiger partial charge >= 0.3 is 5.97 Å². The second-order valence-corrected chi connectivity index (χ2v) is 5.19. The highest BCUT2D eigenvalue weighted by Crippen LogP contribution is 2.31. The molecule has 7 nitrogen and oxygen atoms in total. The van der Waals surface area contributed by atoms with Crippen molar-refractivity contribution in [3.05, 3.63) is 64.5 Å². The van der Waals surface area contributed by atoms with Crippen LogP contribution in [0.15, 0.2) is 57.9 Å². The monoisotopic (exact) mass is 328 g/mol. The third-order valence-corrected chi connectivity index (χ3v) is 3.64. The smallest absolute Gasteiger partial charge is 0.369 e. The summed E-state index contributed by atoms with van der Waals surface area (Å²) in [5.41, 5.74) is -0.424. The van der Waals surface area contributed by atoms with Gasteiger partial charge in [0, 0.05) is 5.56 Å². The number of phenols is 1. The zero-order valence-electron chi connectivity index (χ0n) is 12.1. The molecule has 0 aliphatic heterocycles. The largest absolute Gasteiger partial charge is 0.507 e. The first-order chi connectivity index (χ1) is 11.3. The molecule has 0 radical (unpaired) electrons. The van der Waals surface area contributed by atoms with Gasteiger partial charge in [-0.1, -0.05) is 30.3 Å². The van der Waals surface area contributed by atoms with Gasteiger partial charge in [0.05, 0.1) is 5.56 Å². The summed E-state index contributed by atoms with van der Waals surface area (Å²) in [7, 11) is 0. The molecule has 3 rings (SSSR count). The van der Waals surface area contributed by atoms with Gasteiger partial charge in [0.15, 0.2) is 0 Å². The molecule has 0 amide bonds. The standard InChI is InChI=1S/C17H12O7/c18-12-6-10(17(22,23)16(20)21)7-13-14(12)15(19)11(8-24-13)9-4-2-1-3-5-9/h1-8,18,22-23H,(H,20,21). The maximum atomic E-state index is 12.6. The molecule has 0 aliphatic rings. The molecular formula is C17H12O7. The van der Waals surface area contributed by atoms with E-state index in [1.165, 1.54) is 6.26 Å². The third-order valence-electron chi connectivity index (χ3n) is 3.64. The summed E-state index contributed by atoms with van der Waals surface area (Å²) >= 11 is 0. The molecule has 0 saturated heterocycles. The van der Waals surface area contributed by atoms with Crippen molar-refractivity contribution >= 4 is 16.9 Å². The zero-order chi connectivity index (χ0) is 17.5. The van der Waals surface area contributed by atoms with E-state index in [1.807, 2.05) is 0 Å². The fourth-order valence-electron chi connectivity index (χ4n) is 2.37. The Kier molecular flexibility index (Phi) is 3.59. The van der Waals surface area contributed by atoms with Gasteiger partial charge in [-0.15, -0.1) is 0 Å². The molecule has 2 aromatic carbocycles. The minimum Gasteiger partial charge on any atom is -0.507 e. The maximum Gasteiger partial charge on any atom is 0.369 e. The van der Waals surface area contributed by atoms with Crippen LogP contribution in [0, 0.1) is 0 Å². The Morgan fingerprint density at radius 2 is 1.75 bits per heavy atom. The lowest BCUT2D eigenvalue weighted by Gasteiger charge is -2.17. The quantitative estimate of drug-likeness (QED) is 0.535. The highest BCUT2D eigenvalue weighted by atomic mass is 16.5. The Hall–Kier alpha value is -3.16. The van der Waals surface area contributed by atoms with E-state index in [1.54, 1.807) is 30.3 Å². The van der Waals surface area contributed by atoms with Crippen molar-refractivity contribution in [2.24, 2.45) is 0 Å². The van der Waals surface area contributed by atoms with Gasteiger partial charge in [0.25, 0.3) is 5.79 Å². The van der Waals surface area contributed by atoms with Crippen LogP contribution in [0.2, 0.25) is 0 Å². The first-order valence-electron chi connectivity index (χ1n) is 6.85. The number of carboxylic acids is 1. The number of benzene rings is 2. The molecule has 0 bridgehead atoms. The fraction of sp³-hybridized carbons (Fsp3) is 0.0588. The second-order valence-electron chi connectivity index (χ2n) is 5.19. The average Bonchev–Trinajstić information content (AvgIpc) is 2.55. The summed E-state index contributed by atoms with van der Waals surface area (Å²) in [6, 6.07) is 10.4. The van der Waals surface area contributed by atoms with Crippen molar-refractivity contribution in [2.75, 3.05) is 0 Å². The van der Waals surface area contributed by atoms with Crippen molar-refractivity contribution in [3.63, 3.8) is 0 Å². The Morgan fingerprint density at radius 1 is 1.08 bits per heavy atom. The van der Waals surface area contributed by atoms with Crippen LogP contribution >= 0.6 is 0 Å². The number of carboxylic acid groups (broad SMARTS) is 1. The normalized spacial score (nSPS) is 11.6. The highest BCUT2D eigenvalue weighted by molar-refractivity contribution is 5.89. The summed E-state index contributed by atoms with van der Waals surface area (Å²) in [6.07, 6.45) is 1.17. The number of phenolic OH excluding ortho intramolecular Hbond substituents is 1. The predicted molar refractivity (Wildman–Crippen MR) is 83.3 cm³/mol. The minimum atomic E-state index is -3.22.